The highest BCUT2D eigenvalue weighted by Crippen LogP contribution is 2.39. The molecule has 1 aliphatic heterocycles. The van der Waals surface area contributed by atoms with Crippen LogP contribution in [0.3, 0.4) is 0 Å². The van der Waals surface area contributed by atoms with E-state index in [4.69, 9.17) is 0 Å². The monoisotopic (exact) mass is 254 g/mol. The highest BCUT2D eigenvalue weighted by molar-refractivity contribution is 7.98. The minimum absolute atomic E-state index is 0.193. The Hall–Kier alpha value is 0.01000. The summed E-state index contributed by atoms with van der Waals surface area (Å²) >= 11 is 3.87. The highest BCUT2D eigenvalue weighted by atomic mass is 32.2. The number of hydrogen-bond acceptors (Lipinski definition) is 3. The second-order valence-corrected chi connectivity index (χ2v) is 7.21. The number of fused-ring (bicyclic) bond motifs is 1. The van der Waals surface area contributed by atoms with Gasteiger partial charge in [-0.2, -0.15) is 11.8 Å². The summed E-state index contributed by atoms with van der Waals surface area (Å²) in [6.07, 6.45) is 5.99. The van der Waals surface area contributed by atoms with Crippen LogP contribution in [0.25, 0.3) is 0 Å². The molecule has 1 aromatic rings. The Morgan fingerprint density at radius 3 is 3.06 bits per heavy atom. The first-order valence-electron chi connectivity index (χ1n) is 6.20. The van der Waals surface area contributed by atoms with Crippen LogP contribution in [0.5, 0.6) is 0 Å². The molecule has 88 valence electrons. The van der Waals surface area contributed by atoms with E-state index in [1.807, 2.05) is 23.1 Å². The van der Waals surface area contributed by atoms with Gasteiger partial charge in [0.1, 0.15) is 0 Å². The molecule has 1 fully saturated rings. The van der Waals surface area contributed by atoms with Crippen LogP contribution in [0, 0.1) is 5.92 Å². The maximum Gasteiger partial charge on any atom is 0.0882 e. The molecule has 3 heteroatoms. The second-order valence-electron chi connectivity index (χ2n) is 4.94. The van der Waals surface area contributed by atoms with Gasteiger partial charge in [0.15, 0.2) is 0 Å². The predicted molar refractivity (Wildman–Crippen MR) is 71.1 cm³/mol. The van der Waals surface area contributed by atoms with Crippen molar-refractivity contribution >= 4 is 23.1 Å². The maximum absolute atomic E-state index is 10.2. The number of thioether (sulfide) groups is 1. The standard InChI is InChI=1S/C13H18OS2/c14-11(4-3-9-1-2-9)13-7-10-8-15-6-5-12(10)16-13/h7,9,11,14H,1-6,8H2. The van der Waals surface area contributed by atoms with Crippen LogP contribution >= 0.6 is 23.1 Å². The van der Waals surface area contributed by atoms with Gasteiger partial charge in [-0.25, -0.2) is 0 Å². The number of aliphatic hydroxyl groups excluding tert-OH is 1. The van der Waals surface area contributed by atoms with Crippen LogP contribution in [0.2, 0.25) is 0 Å². The molecule has 0 spiro atoms. The Balaban J connectivity index is 1.65. The zero-order valence-corrected chi connectivity index (χ0v) is 11.1. The van der Waals surface area contributed by atoms with Gasteiger partial charge in [-0.05, 0) is 42.6 Å². The molecule has 0 aromatic carbocycles. The molecule has 0 radical (unpaired) electrons. The fraction of sp³-hybridized carbons (Fsp3) is 0.692. The highest BCUT2D eigenvalue weighted by Gasteiger charge is 2.23. The summed E-state index contributed by atoms with van der Waals surface area (Å²) in [4.78, 5) is 2.74. The molecule has 1 atom stereocenters. The van der Waals surface area contributed by atoms with E-state index in [-0.39, 0.29) is 6.10 Å². The zero-order valence-electron chi connectivity index (χ0n) is 9.45. The Morgan fingerprint density at radius 2 is 2.31 bits per heavy atom. The summed E-state index contributed by atoms with van der Waals surface area (Å²) in [7, 11) is 0. The number of hydrogen-bond donors (Lipinski definition) is 1. The van der Waals surface area contributed by atoms with Crippen LogP contribution in [-0.2, 0) is 12.2 Å². The summed E-state index contributed by atoms with van der Waals surface area (Å²) < 4.78 is 0. The maximum atomic E-state index is 10.2. The van der Waals surface area contributed by atoms with E-state index in [1.165, 1.54) is 46.8 Å². The number of aryl methyl sites for hydroxylation is 1. The molecular formula is C13H18OS2. The van der Waals surface area contributed by atoms with E-state index < -0.39 is 0 Å². The van der Waals surface area contributed by atoms with Crippen molar-refractivity contribution in [1.29, 1.82) is 0 Å². The molecule has 3 rings (SSSR count). The van der Waals surface area contributed by atoms with E-state index in [0.717, 1.165) is 18.1 Å². The van der Waals surface area contributed by atoms with E-state index in [2.05, 4.69) is 6.07 Å². The third-order valence-corrected chi connectivity index (χ3v) is 5.87. The fourth-order valence-corrected chi connectivity index (χ4v) is 4.67. The van der Waals surface area contributed by atoms with Crippen LogP contribution in [-0.4, -0.2) is 10.9 Å². The average molecular weight is 254 g/mol. The molecule has 0 saturated heterocycles. The Morgan fingerprint density at radius 1 is 1.44 bits per heavy atom. The lowest BCUT2D eigenvalue weighted by Crippen LogP contribution is -1.96. The number of aliphatic hydroxyl groups is 1. The molecule has 0 bridgehead atoms. The Bertz CT molecular complexity index is 345. The topological polar surface area (TPSA) is 20.2 Å². The fourth-order valence-electron chi connectivity index (χ4n) is 2.28. The minimum atomic E-state index is -0.193. The first-order chi connectivity index (χ1) is 7.83. The third kappa shape index (κ3) is 2.47. The molecule has 2 aliphatic rings. The van der Waals surface area contributed by atoms with Crippen molar-refractivity contribution in [3.05, 3.63) is 21.4 Å². The first kappa shape index (κ1) is 11.1. The van der Waals surface area contributed by atoms with E-state index in [0.29, 0.717) is 0 Å². The van der Waals surface area contributed by atoms with E-state index in [1.54, 1.807) is 0 Å². The van der Waals surface area contributed by atoms with E-state index >= 15 is 0 Å². The predicted octanol–water partition coefficient (Wildman–Crippen LogP) is 3.76. The van der Waals surface area contributed by atoms with Crippen LogP contribution in [0.15, 0.2) is 6.07 Å². The van der Waals surface area contributed by atoms with Gasteiger partial charge >= 0.3 is 0 Å². The molecule has 2 heterocycles. The van der Waals surface area contributed by atoms with E-state index in [9.17, 15) is 5.11 Å². The third-order valence-electron chi connectivity index (χ3n) is 3.52. The molecule has 1 unspecified atom stereocenters. The van der Waals surface area contributed by atoms with Crippen molar-refractivity contribution in [3.63, 3.8) is 0 Å². The summed E-state index contributed by atoms with van der Waals surface area (Å²) in [5.41, 5.74) is 1.49. The number of rotatable bonds is 4. The minimum Gasteiger partial charge on any atom is -0.388 e. The van der Waals surface area contributed by atoms with Gasteiger partial charge in [0.2, 0.25) is 0 Å². The van der Waals surface area contributed by atoms with Gasteiger partial charge in [-0.15, -0.1) is 11.3 Å². The van der Waals surface area contributed by atoms with Gasteiger partial charge in [-0.3, -0.25) is 0 Å². The van der Waals surface area contributed by atoms with Crippen molar-refractivity contribution in [3.8, 4) is 0 Å². The smallest absolute Gasteiger partial charge is 0.0882 e. The molecule has 1 aromatic heterocycles. The van der Waals surface area contributed by atoms with Gasteiger partial charge in [0.05, 0.1) is 6.10 Å². The van der Waals surface area contributed by atoms with Gasteiger partial charge < -0.3 is 5.11 Å². The molecule has 0 amide bonds. The summed E-state index contributed by atoms with van der Waals surface area (Å²) in [5, 5.41) is 10.2. The molecule has 1 aliphatic carbocycles. The normalized spacial score (nSPS) is 21.8. The summed E-state index contributed by atoms with van der Waals surface area (Å²) in [6, 6.07) is 2.25. The number of thiophene rings is 1. The second kappa shape index (κ2) is 4.71. The summed E-state index contributed by atoms with van der Waals surface area (Å²) in [6.45, 7) is 0. The molecular weight excluding hydrogens is 236 g/mol. The first-order valence-corrected chi connectivity index (χ1v) is 8.17. The molecule has 1 N–H and O–H groups in total. The lowest BCUT2D eigenvalue weighted by Gasteiger charge is -2.08. The Labute approximate surface area is 105 Å². The molecule has 1 nitrogen and oxygen atoms in total. The van der Waals surface area contributed by atoms with Gasteiger partial charge in [0.25, 0.3) is 0 Å². The largest absolute Gasteiger partial charge is 0.388 e. The van der Waals surface area contributed by atoms with Gasteiger partial charge in [0, 0.05) is 15.5 Å². The van der Waals surface area contributed by atoms with Gasteiger partial charge in [-0.1, -0.05) is 12.8 Å². The van der Waals surface area contributed by atoms with Crippen molar-refractivity contribution < 1.29 is 5.11 Å². The van der Waals surface area contributed by atoms with Crippen LogP contribution < -0.4 is 0 Å². The van der Waals surface area contributed by atoms with Crippen molar-refractivity contribution in [1.82, 2.24) is 0 Å². The van der Waals surface area contributed by atoms with Crippen LogP contribution in [0.1, 0.15) is 47.1 Å². The molecule has 16 heavy (non-hydrogen) atoms. The lowest BCUT2D eigenvalue weighted by atomic mass is 10.1. The van der Waals surface area contributed by atoms with Crippen molar-refractivity contribution in [2.45, 2.75) is 44.0 Å². The van der Waals surface area contributed by atoms with Crippen molar-refractivity contribution in [2.24, 2.45) is 5.92 Å². The SMILES string of the molecule is OC(CCC1CC1)c1cc2c(s1)CCSC2. The molecule has 1 saturated carbocycles. The quantitative estimate of drug-likeness (QED) is 0.883. The average Bonchev–Trinajstić information content (AvgIpc) is 3.02. The zero-order chi connectivity index (χ0) is 11.0. The lowest BCUT2D eigenvalue weighted by molar-refractivity contribution is 0.166. The summed E-state index contributed by atoms with van der Waals surface area (Å²) in [5.74, 6) is 3.34. The Kier molecular flexibility index (Phi) is 3.27. The van der Waals surface area contributed by atoms with Crippen molar-refractivity contribution in [2.75, 3.05) is 5.75 Å². The van der Waals surface area contributed by atoms with Crippen LogP contribution in [0.4, 0.5) is 0 Å².